The molecule has 0 radical (unpaired) electrons. The van der Waals surface area contributed by atoms with E-state index in [0.717, 1.165) is 0 Å². The average Bonchev–Trinajstić information content (AvgIpc) is 3.48. The van der Waals surface area contributed by atoms with Crippen molar-refractivity contribution in [3.05, 3.63) is 36.3 Å². The minimum atomic E-state index is -0.759. The second-order valence-electron chi connectivity index (χ2n) is 10.7. The molecular formula is C28H36N4O7. The van der Waals surface area contributed by atoms with Crippen LogP contribution in [0.1, 0.15) is 53.2 Å². The quantitative estimate of drug-likeness (QED) is 0.430. The zero-order chi connectivity index (χ0) is 28.4. The Hall–Kier alpha value is -3.54. The largest absolute Gasteiger partial charge is 0.493 e. The van der Waals surface area contributed by atoms with Crippen molar-refractivity contribution >= 4 is 28.7 Å². The molecule has 1 saturated heterocycles. The third kappa shape index (κ3) is 6.55. The number of ether oxygens (including phenoxy) is 4. The Bertz CT molecular complexity index is 1350. The summed E-state index contributed by atoms with van der Waals surface area (Å²) in [4.78, 5) is 34.1. The Kier molecular flexibility index (Phi) is 8.24. The van der Waals surface area contributed by atoms with Crippen LogP contribution in [0.3, 0.4) is 0 Å². The SMILES string of the molecule is CO[C@@]1(c2cc(OCC[C@H](C)O)cc(-c3cn(C(=O)OC(C)(C)C)c4cnc(NC(C)=O)cc34)n2)CCOC1. The van der Waals surface area contributed by atoms with Gasteiger partial charge in [-0.2, -0.15) is 0 Å². The molecule has 3 aromatic heterocycles. The fraction of sp³-hybridized carbons (Fsp3) is 0.500. The number of aromatic nitrogens is 3. The van der Waals surface area contributed by atoms with Crippen LogP contribution >= 0.6 is 0 Å². The molecule has 3 aromatic rings. The third-order valence-corrected chi connectivity index (χ3v) is 6.31. The molecule has 0 bridgehead atoms. The summed E-state index contributed by atoms with van der Waals surface area (Å²) in [5.74, 6) is 0.598. The molecule has 0 aliphatic carbocycles. The number of hydrogen-bond acceptors (Lipinski definition) is 9. The highest BCUT2D eigenvalue weighted by molar-refractivity contribution is 6.02. The molecule has 210 valence electrons. The molecule has 1 aliphatic heterocycles. The monoisotopic (exact) mass is 540 g/mol. The zero-order valence-electron chi connectivity index (χ0n) is 23.2. The van der Waals surface area contributed by atoms with Crippen LogP contribution in [0.25, 0.3) is 22.2 Å². The highest BCUT2D eigenvalue weighted by atomic mass is 16.6. The van der Waals surface area contributed by atoms with Gasteiger partial charge in [0.15, 0.2) is 0 Å². The number of pyridine rings is 2. The standard InChI is InChI=1S/C28H36N4O7/c1-17(33)7-9-38-19-11-22(31-24(12-19)28(36-6)8-10-37-16-28)21-15-32(26(35)39-27(3,4)5)23-14-29-25(13-20(21)23)30-18(2)34/h11-15,17,33H,7-10,16H2,1-6H3,(H,29,30,34)/t17-,28-/m0/s1. The molecular weight excluding hydrogens is 504 g/mol. The van der Waals surface area contributed by atoms with Crippen molar-refractivity contribution < 1.29 is 33.6 Å². The van der Waals surface area contributed by atoms with Gasteiger partial charge in [-0.1, -0.05) is 0 Å². The van der Waals surface area contributed by atoms with Gasteiger partial charge < -0.3 is 29.4 Å². The van der Waals surface area contributed by atoms with Crippen LogP contribution in [-0.4, -0.2) is 70.3 Å². The van der Waals surface area contributed by atoms with Crippen molar-refractivity contribution in [1.29, 1.82) is 0 Å². The van der Waals surface area contributed by atoms with Gasteiger partial charge in [-0.25, -0.2) is 14.8 Å². The minimum Gasteiger partial charge on any atom is -0.493 e. The van der Waals surface area contributed by atoms with E-state index in [1.165, 1.54) is 17.7 Å². The lowest BCUT2D eigenvalue weighted by molar-refractivity contribution is -0.114. The number of carbonyl (C=O) groups excluding carboxylic acids is 2. The smallest absolute Gasteiger partial charge is 0.419 e. The fourth-order valence-corrected chi connectivity index (χ4v) is 4.36. The zero-order valence-corrected chi connectivity index (χ0v) is 23.2. The van der Waals surface area contributed by atoms with Crippen LogP contribution in [-0.2, 0) is 24.6 Å². The second kappa shape index (κ2) is 11.3. The summed E-state index contributed by atoms with van der Waals surface area (Å²) >= 11 is 0. The van der Waals surface area contributed by atoms with Gasteiger partial charge in [-0.05, 0) is 33.8 Å². The van der Waals surface area contributed by atoms with Crippen molar-refractivity contribution in [2.24, 2.45) is 0 Å². The van der Waals surface area contributed by atoms with Crippen LogP contribution in [0.2, 0.25) is 0 Å². The van der Waals surface area contributed by atoms with Crippen LogP contribution in [0.4, 0.5) is 10.6 Å². The Morgan fingerprint density at radius 1 is 1.28 bits per heavy atom. The Morgan fingerprint density at radius 2 is 2.05 bits per heavy atom. The van der Waals surface area contributed by atoms with Crippen LogP contribution in [0, 0.1) is 0 Å². The number of nitrogens with zero attached hydrogens (tertiary/aromatic N) is 3. The molecule has 11 heteroatoms. The Labute approximate surface area is 227 Å². The van der Waals surface area contributed by atoms with Gasteiger partial charge in [0.25, 0.3) is 0 Å². The van der Waals surface area contributed by atoms with Crippen molar-refractivity contribution in [2.45, 2.75) is 64.8 Å². The summed E-state index contributed by atoms with van der Waals surface area (Å²) < 4.78 is 24.6. The fourth-order valence-electron chi connectivity index (χ4n) is 4.36. The number of rotatable bonds is 8. The molecule has 4 heterocycles. The van der Waals surface area contributed by atoms with Gasteiger partial charge in [-0.3, -0.25) is 9.36 Å². The van der Waals surface area contributed by atoms with Crippen LogP contribution in [0.5, 0.6) is 5.75 Å². The summed E-state index contributed by atoms with van der Waals surface area (Å²) in [7, 11) is 1.62. The Morgan fingerprint density at radius 3 is 2.67 bits per heavy atom. The van der Waals surface area contributed by atoms with E-state index in [1.54, 1.807) is 53.1 Å². The molecule has 0 aromatic carbocycles. The summed E-state index contributed by atoms with van der Waals surface area (Å²) in [6.45, 7) is 9.64. The van der Waals surface area contributed by atoms with Gasteiger partial charge in [0.2, 0.25) is 5.91 Å². The maximum Gasteiger partial charge on any atom is 0.419 e. The van der Waals surface area contributed by atoms with E-state index in [2.05, 4.69) is 10.3 Å². The van der Waals surface area contributed by atoms with E-state index in [9.17, 15) is 14.7 Å². The lowest BCUT2D eigenvalue weighted by Crippen LogP contribution is -2.30. The maximum atomic E-state index is 13.2. The molecule has 1 aliphatic rings. The first kappa shape index (κ1) is 28.5. The number of amides is 1. The molecule has 1 amide bonds. The van der Waals surface area contributed by atoms with Gasteiger partial charge in [0.05, 0.1) is 42.4 Å². The van der Waals surface area contributed by atoms with Gasteiger partial charge in [-0.15, -0.1) is 0 Å². The van der Waals surface area contributed by atoms with E-state index in [4.69, 9.17) is 23.9 Å². The second-order valence-corrected chi connectivity index (χ2v) is 10.7. The summed E-state index contributed by atoms with van der Waals surface area (Å²) in [6, 6.07) is 5.29. The van der Waals surface area contributed by atoms with E-state index in [0.29, 0.717) is 72.1 Å². The molecule has 2 atom stereocenters. The normalized spacial score (nSPS) is 18.2. The van der Waals surface area contributed by atoms with E-state index < -0.39 is 23.4 Å². The third-order valence-electron chi connectivity index (χ3n) is 6.31. The van der Waals surface area contributed by atoms with E-state index in [1.807, 2.05) is 6.07 Å². The number of hydrogen-bond donors (Lipinski definition) is 2. The summed E-state index contributed by atoms with van der Waals surface area (Å²) in [5.41, 5.74) is 0.773. The minimum absolute atomic E-state index is 0.271. The number of aliphatic hydroxyl groups excluding tert-OH is 1. The van der Waals surface area contributed by atoms with Gasteiger partial charge in [0.1, 0.15) is 22.8 Å². The van der Waals surface area contributed by atoms with E-state index in [-0.39, 0.29) is 5.91 Å². The van der Waals surface area contributed by atoms with E-state index >= 15 is 0 Å². The van der Waals surface area contributed by atoms with Crippen LogP contribution < -0.4 is 10.1 Å². The van der Waals surface area contributed by atoms with Crippen molar-refractivity contribution in [2.75, 3.05) is 32.2 Å². The van der Waals surface area contributed by atoms with Crippen LogP contribution in [0.15, 0.2) is 30.6 Å². The summed E-state index contributed by atoms with van der Waals surface area (Å²) in [6.07, 6.45) is 3.15. The lowest BCUT2D eigenvalue weighted by atomic mass is 9.96. The predicted octanol–water partition coefficient (Wildman–Crippen LogP) is 4.25. The number of carbonyl (C=O) groups is 2. The van der Waals surface area contributed by atoms with Crippen molar-refractivity contribution in [3.8, 4) is 17.0 Å². The predicted molar refractivity (Wildman–Crippen MR) is 145 cm³/mol. The number of nitrogens with one attached hydrogen (secondary N) is 1. The van der Waals surface area contributed by atoms with Gasteiger partial charge >= 0.3 is 6.09 Å². The Balaban J connectivity index is 1.90. The molecule has 4 rings (SSSR count). The topological polar surface area (TPSA) is 134 Å². The first-order valence-electron chi connectivity index (χ1n) is 12.9. The molecule has 39 heavy (non-hydrogen) atoms. The molecule has 11 nitrogen and oxygen atoms in total. The highest BCUT2D eigenvalue weighted by Gasteiger charge is 2.39. The first-order valence-corrected chi connectivity index (χ1v) is 12.9. The lowest BCUT2D eigenvalue weighted by Gasteiger charge is -2.26. The summed E-state index contributed by atoms with van der Waals surface area (Å²) in [5, 5.41) is 13.0. The molecule has 0 saturated carbocycles. The highest BCUT2D eigenvalue weighted by Crippen LogP contribution is 2.38. The molecule has 0 unspecified atom stereocenters. The average molecular weight is 541 g/mol. The number of fused-ring (bicyclic) bond motifs is 1. The first-order chi connectivity index (χ1) is 18.4. The van der Waals surface area contributed by atoms with Gasteiger partial charge in [0, 0.05) is 62.8 Å². The molecule has 2 N–H and O–H groups in total. The number of anilines is 1. The van der Waals surface area contributed by atoms with Crippen molar-refractivity contribution in [1.82, 2.24) is 14.5 Å². The van der Waals surface area contributed by atoms with Crippen molar-refractivity contribution in [3.63, 3.8) is 0 Å². The molecule has 0 spiro atoms. The maximum absolute atomic E-state index is 13.2. The number of methoxy groups -OCH3 is 1. The number of aliphatic hydroxyl groups is 1. The molecule has 1 fully saturated rings.